The summed E-state index contributed by atoms with van der Waals surface area (Å²) in [6, 6.07) is 17.0. The summed E-state index contributed by atoms with van der Waals surface area (Å²) in [5.41, 5.74) is 1.89. The Morgan fingerprint density at radius 1 is 0.886 bits per heavy atom. The van der Waals surface area contributed by atoms with Gasteiger partial charge in [0.1, 0.15) is 0 Å². The number of nitrogens with zero attached hydrogens (tertiary/aromatic N) is 1. The fourth-order valence-electron chi connectivity index (χ4n) is 3.37. The van der Waals surface area contributed by atoms with E-state index >= 15 is 0 Å². The van der Waals surface area contributed by atoms with E-state index in [0.29, 0.717) is 26.9 Å². The summed E-state index contributed by atoms with van der Waals surface area (Å²) < 4.78 is 49.4. The summed E-state index contributed by atoms with van der Waals surface area (Å²) >= 11 is 12.4. The fourth-order valence-corrected chi connectivity index (χ4v) is 5.39. The molecule has 0 saturated heterocycles. The quantitative estimate of drug-likeness (QED) is 0.428. The lowest BCUT2D eigenvalue weighted by atomic mass is 10.1. The minimum absolute atomic E-state index is 0.0661. The zero-order valence-corrected chi connectivity index (χ0v) is 22.3. The summed E-state index contributed by atoms with van der Waals surface area (Å²) in [6.07, 6.45) is 2.21. The van der Waals surface area contributed by atoms with Gasteiger partial charge in [-0.1, -0.05) is 41.4 Å². The van der Waals surface area contributed by atoms with Crippen LogP contribution in [0.15, 0.2) is 71.6 Å². The number of nitrogens with one attached hydrogen (secondary N) is 1. The smallest absolute Gasteiger partial charge is 0.251 e. The minimum atomic E-state index is -3.68. The van der Waals surface area contributed by atoms with Crippen LogP contribution in [0.5, 0.6) is 0 Å². The van der Waals surface area contributed by atoms with Crippen molar-refractivity contribution in [1.82, 2.24) is 5.32 Å². The average molecular weight is 556 g/mol. The molecular weight excluding hydrogens is 531 g/mol. The predicted molar refractivity (Wildman–Crippen MR) is 139 cm³/mol. The molecule has 0 spiro atoms. The standard InChI is InChI=1S/C24H24Cl2N2O5S2/c1-16(17-9-13-20(14-10-17)34(2,30)31)27-24(29)18-7-11-19(12-8-18)28(35(3,32)33)15-21-22(25)5-4-6-23(21)26/h4-14,16H,15H2,1-3H3,(H,27,29). The van der Waals surface area contributed by atoms with Gasteiger partial charge in [0, 0.05) is 27.4 Å². The highest BCUT2D eigenvalue weighted by Crippen LogP contribution is 2.29. The maximum absolute atomic E-state index is 12.7. The molecule has 0 aliphatic carbocycles. The second-order valence-corrected chi connectivity index (χ2v) is 12.8. The van der Waals surface area contributed by atoms with Crippen LogP contribution < -0.4 is 9.62 Å². The molecule has 1 N–H and O–H groups in total. The first-order valence-corrected chi connectivity index (χ1v) is 14.9. The Labute approximate surface area is 215 Å². The van der Waals surface area contributed by atoms with Crippen molar-refractivity contribution in [2.24, 2.45) is 0 Å². The number of hydrogen-bond acceptors (Lipinski definition) is 5. The highest BCUT2D eigenvalue weighted by atomic mass is 35.5. The van der Waals surface area contributed by atoms with E-state index in [1.807, 2.05) is 0 Å². The molecule has 0 saturated carbocycles. The number of amides is 1. The van der Waals surface area contributed by atoms with E-state index in [4.69, 9.17) is 23.2 Å². The number of carbonyl (C=O) groups excluding carboxylic acids is 1. The van der Waals surface area contributed by atoms with Gasteiger partial charge in [-0.3, -0.25) is 9.10 Å². The Morgan fingerprint density at radius 2 is 1.43 bits per heavy atom. The molecule has 0 fully saturated rings. The molecule has 1 unspecified atom stereocenters. The molecular formula is C24H24Cl2N2O5S2. The molecule has 3 aromatic carbocycles. The topological polar surface area (TPSA) is 101 Å². The molecule has 0 aliphatic heterocycles. The SMILES string of the molecule is CC(NC(=O)c1ccc(N(Cc2c(Cl)cccc2Cl)S(C)(=O)=O)cc1)c1ccc(S(C)(=O)=O)cc1. The van der Waals surface area contributed by atoms with E-state index in [1.54, 1.807) is 37.3 Å². The lowest BCUT2D eigenvalue weighted by molar-refractivity contribution is 0.0940. The van der Waals surface area contributed by atoms with Crippen LogP contribution in [0.4, 0.5) is 5.69 Å². The highest BCUT2D eigenvalue weighted by molar-refractivity contribution is 7.92. The predicted octanol–water partition coefficient (Wildman–Crippen LogP) is 4.85. The van der Waals surface area contributed by atoms with Crippen molar-refractivity contribution in [2.75, 3.05) is 16.8 Å². The molecule has 0 radical (unpaired) electrons. The molecule has 0 aliphatic rings. The van der Waals surface area contributed by atoms with E-state index in [9.17, 15) is 21.6 Å². The van der Waals surface area contributed by atoms with Gasteiger partial charge in [-0.05, 0) is 61.0 Å². The number of halogens is 2. The van der Waals surface area contributed by atoms with Crippen LogP contribution in [0, 0.1) is 0 Å². The van der Waals surface area contributed by atoms with Crippen molar-refractivity contribution in [3.8, 4) is 0 Å². The van der Waals surface area contributed by atoms with Gasteiger partial charge >= 0.3 is 0 Å². The molecule has 0 heterocycles. The first-order valence-electron chi connectivity index (χ1n) is 10.4. The normalized spacial score (nSPS) is 12.7. The number of rotatable bonds is 8. The monoisotopic (exact) mass is 554 g/mol. The van der Waals surface area contributed by atoms with Gasteiger partial charge in [0.05, 0.1) is 29.4 Å². The van der Waals surface area contributed by atoms with E-state index in [-0.39, 0.29) is 23.4 Å². The van der Waals surface area contributed by atoms with E-state index < -0.39 is 19.9 Å². The lowest BCUT2D eigenvalue weighted by Crippen LogP contribution is -2.30. The zero-order valence-electron chi connectivity index (χ0n) is 19.2. The van der Waals surface area contributed by atoms with Crippen LogP contribution in [0.3, 0.4) is 0 Å². The van der Waals surface area contributed by atoms with Crippen LogP contribution in [-0.4, -0.2) is 35.3 Å². The van der Waals surface area contributed by atoms with Crippen LogP contribution >= 0.6 is 23.2 Å². The van der Waals surface area contributed by atoms with Crippen LogP contribution in [-0.2, 0) is 26.4 Å². The molecule has 7 nitrogen and oxygen atoms in total. The Balaban J connectivity index is 1.77. The Morgan fingerprint density at radius 3 is 1.91 bits per heavy atom. The van der Waals surface area contributed by atoms with E-state index in [2.05, 4.69) is 5.32 Å². The first kappa shape index (κ1) is 27.0. The van der Waals surface area contributed by atoms with Gasteiger partial charge in [0.25, 0.3) is 5.91 Å². The largest absolute Gasteiger partial charge is 0.346 e. The number of hydrogen-bond donors (Lipinski definition) is 1. The summed E-state index contributed by atoms with van der Waals surface area (Å²) in [5, 5.41) is 3.54. The molecule has 3 rings (SSSR count). The highest BCUT2D eigenvalue weighted by Gasteiger charge is 2.21. The van der Waals surface area contributed by atoms with Gasteiger partial charge < -0.3 is 5.32 Å². The zero-order chi connectivity index (χ0) is 26.0. The average Bonchev–Trinajstić information content (AvgIpc) is 2.77. The summed E-state index contributed by atoms with van der Waals surface area (Å²) in [6.45, 7) is 1.71. The number of anilines is 1. The molecule has 11 heteroatoms. The summed E-state index contributed by atoms with van der Waals surface area (Å²) in [5.74, 6) is -0.365. The van der Waals surface area contributed by atoms with Crippen molar-refractivity contribution < 1.29 is 21.6 Å². The molecule has 35 heavy (non-hydrogen) atoms. The van der Waals surface area contributed by atoms with Crippen LogP contribution in [0.25, 0.3) is 0 Å². The van der Waals surface area contributed by atoms with Gasteiger partial charge in [0.15, 0.2) is 9.84 Å². The van der Waals surface area contributed by atoms with E-state index in [1.165, 1.54) is 36.4 Å². The second-order valence-electron chi connectivity index (χ2n) is 8.05. The van der Waals surface area contributed by atoms with Crippen LogP contribution in [0.2, 0.25) is 10.0 Å². The molecule has 0 aromatic heterocycles. The number of benzene rings is 3. The van der Waals surface area contributed by atoms with Gasteiger partial charge in [0.2, 0.25) is 10.0 Å². The summed E-state index contributed by atoms with van der Waals surface area (Å²) in [7, 11) is -6.99. The molecule has 0 bridgehead atoms. The third-order valence-electron chi connectivity index (χ3n) is 5.34. The van der Waals surface area contributed by atoms with Crippen LogP contribution in [0.1, 0.15) is 34.5 Å². The fraction of sp³-hybridized carbons (Fsp3) is 0.208. The van der Waals surface area contributed by atoms with Crippen molar-refractivity contribution in [3.63, 3.8) is 0 Å². The van der Waals surface area contributed by atoms with Crippen molar-refractivity contribution in [1.29, 1.82) is 0 Å². The third-order valence-corrected chi connectivity index (χ3v) is 8.31. The minimum Gasteiger partial charge on any atom is -0.346 e. The summed E-state index contributed by atoms with van der Waals surface area (Å²) in [4.78, 5) is 12.9. The van der Waals surface area contributed by atoms with Gasteiger partial charge in [-0.15, -0.1) is 0 Å². The molecule has 3 aromatic rings. The van der Waals surface area contributed by atoms with Gasteiger partial charge in [-0.2, -0.15) is 0 Å². The maximum atomic E-state index is 12.7. The third kappa shape index (κ3) is 6.76. The molecule has 186 valence electrons. The van der Waals surface area contributed by atoms with Gasteiger partial charge in [-0.25, -0.2) is 16.8 Å². The molecule has 1 amide bonds. The number of sulfonamides is 1. The lowest BCUT2D eigenvalue weighted by Gasteiger charge is -2.24. The Bertz CT molecular complexity index is 1420. The van der Waals surface area contributed by atoms with Crippen molar-refractivity contribution in [2.45, 2.75) is 24.4 Å². The Hall–Kier alpha value is -2.59. The van der Waals surface area contributed by atoms with Crippen molar-refractivity contribution >= 4 is 54.7 Å². The van der Waals surface area contributed by atoms with E-state index in [0.717, 1.165) is 22.4 Å². The molecule has 1 atom stereocenters. The second kappa shape index (κ2) is 10.6. The first-order chi connectivity index (χ1) is 16.3. The Kier molecular flexibility index (Phi) is 8.16. The van der Waals surface area contributed by atoms with Crippen molar-refractivity contribution in [3.05, 3.63) is 93.5 Å². The number of carbonyl (C=O) groups is 1. The number of sulfone groups is 1. The maximum Gasteiger partial charge on any atom is 0.251 e.